The molecule has 1 aromatic carbocycles. The van der Waals surface area contributed by atoms with E-state index in [1.54, 1.807) is 0 Å². The van der Waals surface area contributed by atoms with Gasteiger partial charge in [0.2, 0.25) is 0 Å². The van der Waals surface area contributed by atoms with Gasteiger partial charge in [-0.15, -0.1) is 0 Å². The van der Waals surface area contributed by atoms with Crippen molar-refractivity contribution in [1.82, 2.24) is 14.5 Å². The number of aromatic amines is 1. The van der Waals surface area contributed by atoms with Gasteiger partial charge >= 0.3 is 0 Å². The van der Waals surface area contributed by atoms with Crippen LogP contribution in [-0.2, 0) is 13.6 Å². The number of rotatable bonds is 2. The van der Waals surface area contributed by atoms with Crippen molar-refractivity contribution in [1.29, 1.82) is 0 Å². The summed E-state index contributed by atoms with van der Waals surface area (Å²) in [7, 11) is 2.05. The number of hydrogen-bond donors (Lipinski definition) is 2. The number of nitrogens with one attached hydrogen (secondary N) is 1. The van der Waals surface area contributed by atoms with Crippen LogP contribution in [0.25, 0.3) is 22.3 Å². The van der Waals surface area contributed by atoms with Gasteiger partial charge in [-0.1, -0.05) is 18.2 Å². The second-order valence-electron chi connectivity index (χ2n) is 4.53. The number of aromatic nitrogens is 3. The lowest BCUT2D eigenvalue weighted by molar-refractivity contribution is 0.968. The van der Waals surface area contributed by atoms with E-state index in [-0.39, 0.29) is 0 Å². The monoisotopic (exact) mass is 240 g/mol. The third-order valence-corrected chi connectivity index (χ3v) is 3.33. The zero-order chi connectivity index (χ0) is 12.7. The molecule has 0 amide bonds. The number of aryl methyl sites for hydroxylation is 2. The lowest BCUT2D eigenvalue weighted by atomic mass is 10.2. The summed E-state index contributed by atoms with van der Waals surface area (Å²) >= 11 is 0. The number of H-pyrrole nitrogens is 1. The maximum atomic E-state index is 5.67. The second kappa shape index (κ2) is 3.99. The summed E-state index contributed by atoms with van der Waals surface area (Å²) in [6.45, 7) is 2.47. The van der Waals surface area contributed by atoms with Crippen molar-refractivity contribution in [2.45, 2.75) is 13.5 Å². The van der Waals surface area contributed by atoms with Crippen LogP contribution >= 0.6 is 0 Å². The second-order valence-corrected chi connectivity index (χ2v) is 4.53. The molecule has 92 valence electrons. The largest absolute Gasteiger partial charge is 0.350 e. The van der Waals surface area contributed by atoms with Gasteiger partial charge in [-0.3, -0.25) is 0 Å². The van der Waals surface area contributed by atoms with E-state index in [2.05, 4.69) is 32.9 Å². The quantitative estimate of drug-likeness (QED) is 0.722. The van der Waals surface area contributed by atoms with E-state index in [0.717, 1.165) is 22.8 Å². The molecule has 3 rings (SSSR count). The highest BCUT2D eigenvalue weighted by Gasteiger charge is 2.12. The van der Waals surface area contributed by atoms with Gasteiger partial charge in [0.15, 0.2) is 0 Å². The molecule has 4 heteroatoms. The molecule has 3 N–H and O–H groups in total. The molecule has 3 aromatic rings. The minimum Gasteiger partial charge on any atom is -0.350 e. The molecule has 0 fully saturated rings. The van der Waals surface area contributed by atoms with E-state index in [4.69, 9.17) is 5.73 Å². The van der Waals surface area contributed by atoms with Crippen molar-refractivity contribution in [2.75, 3.05) is 0 Å². The van der Waals surface area contributed by atoms with E-state index < -0.39 is 0 Å². The van der Waals surface area contributed by atoms with Crippen molar-refractivity contribution >= 4 is 10.9 Å². The van der Waals surface area contributed by atoms with Crippen LogP contribution in [0.1, 0.15) is 11.4 Å². The molecule has 2 heterocycles. The van der Waals surface area contributed by atoms with Crippen LogP contribution in [0.15, 0.2) is 30.5 Å². The van der Waals surface area contributed by atoms with Gasteiger partial charge in [0.1, 0.15) is 5.82 Å². The molecular formula is C14H16N4. The summed E-state index contributed by atoms with van der Waals surface area (Å²) in [4.78, 5) is 7.88. The maximum absolute atomic E-state index is 5.67. The molecule has 18 heavy (non-hydrogen) atoms. The highest BCUT2D eigenvalue weighted by atomic mass is 15.0. The molecule has 0 aliphatic heterocycles. The molecule has 0 aliphatic rings. The van der Waals surface area contributed by atoms with E-state index in [0.29, 0.717) is 6.54 Å². The van der Waals surface area contributed by atoms with Gasteiger partial charge in [0, 0.05) is 41.9 Å². The first kappa shape index (κ1) is 11.0. The van der Waals surface area contributed by atoms with Crippen molar-refractivity contribution in [3.05, 3.63) is 41.9 Å². The first-order chi connectivity index (χ1) is 8.70. The highest BCUT2D eigenvalue weighted by Crippen LogP contribution is 2.28. The molecule has 0 bridgehead atoms. The van der Waals surface area contributed by atoms with Crippen molar-refractivity contribution in [3.8, 4) is 11.4 Å². The molecule has 0 aliphatic carbocycles. The average Bonchev–Trinajstić information content (AvgIpc) is 2.91. The van der Waals surface area contributed by atoms with E-state index in [9.17, 15) is 0 Å². The molecule has 0 atom stereocenters. The number of benzene rings is 1. The van der Waals surface area contributed by atoms with Gasteiger partial charge in [0.25, 0.3) is 0 Å². The molecule has 0 unspecified atom stereocenters. The normalized spacial score (nSPS) is 11.3. The van der Waals surface area contributed by atoms with E-state index in [1.165, 1.54) is 10.9 Å². The third kappa shape index (κ3) is 1.54. The fourth-order valence-corrected chi connectivity index (χ4v) is 2.35. The maximum Gasteiger partial charge on any atom is 0.140 e. The molecule has 0 radical (unpaired) electrons. The number of fused-ring (bicyclic) bond motifs is 1. The van der Waals surface area contributed by atoms with Crippen LogP contribution in [0.2, 0.25) is 0 Å². The van der Waals surface area contributed by atoms with Crippen molar-refractivity contribution in [2.24, 2.45) is 12.8 Å². The predicted octanol–water partition coefficient (Wildman–Crippen LogP) is 2.34. The SMILES string of the molecule is Cc1[nH]c(-c2cn(C)c3ccccc23)nc1CN. The first-order valence-corrected chi connectivity index (χ1v) is 6.00. The number of hydrogen-bond acceptors (Lipinski definition) is 2. The Kier molecular flexibility index (Phi) is 2.45. The lowest BCUT2D eigenvalue weighted by Gasteiger charge is -1.94. The molecule has 4 nitrogen and oxygen atoms in total. The smallest absolute Gasteiger partial charge is 0.140 e. The Morgan fingerprint density at radius 1 is 1.33 bits per heavy atom. The summed E-state index contributed by atoms with van der Waals surface area (Å²) in [5.41, 5.74) is 9.97. The Morgan fingerprint density at radius 3 is 2.83 bits per heavy atom. The standard InChI is InChI=1S/C14H16N4/c1-9-12(7-15)17-14(16-9)11-8-18(2)13-6-4-3-5-10(11)13/h3-6,8H,7,15H2,1-2H3,(H,16,17). The predicted molar refractivity (Wildman–Crippen MR) is 73.1 cm³/mol. The number of para-hydroxylation sites is 1. The van der Waals surface area contributed by atoms with Crippen LogP contribution in [0, 0.1) is 6.92 Å². The van der Waals surface area contributed by atoms with Crippen molar-refractivity contribution < 1.29 is 0 Å². The Bertz CT molecular complexity index is 706. The van der Waals surface area contributed by atoms with Crippen LogP contribution in [0.4, 0.5) is 0 Å². The van der Waals surface area contributed by atoms with Gasteiger partial charge in [-0.25, -0.2) is 4.98 Å². The van der Waals surface area contributed by atoms with Gasteiger partial charge < -0.3 is 15.3 Å². The number of nitrogens with zero attached hydrogens (tertiary/aromatic N) is 2. The number of imidazole rings is 1. The lowest BCUT2D eigenvalue weighted by Crippen LogP contribution is -1.98. The molecular weight excluding hydrogens is 224 g/mol. The fourth-order valence-electron chi connectivity index (χ4n) is 2.35. The zero-order valence-corrected chi connectivity index (χ0v) is 10.6. The summed E-state index contributed by atoms with van der Waals surface area (Å²) in [6.07, 6.45) is 2.10. The Hall–Kier alpha value is -2.07. The van der Waals surface area contributed by atoms with Gasteiger partial charge in [-0.05, 0) is 13.0 Å². The minimum atomic E-state index is 0.465. The van der Waals surface area contributed by atoms with Gasteiger partial charge in [-0.2, -0.15) is 0 Å². The van der Waals surface area contributed by atoms with Crippen molar-refractivity contribution in [3.63, 3.8) is 0 Å². The molecule has 0 saturated heterocycles. The summed E-state index contributed by atoms with van der Waals surface area (Å²) in [5, 5.41) is 1.21. The van der Waals surface area contributed by atoms with Crippen LogP contribution in [-0.4, -0.2) is 14.5 Å². The Morgan fingerprint density at radius 2 is 2.11 bits per heavy atom. The fraction of sp³-hybridized carbons (Fsp3) is 0.214. The van der Waals surface area contributed by atoms with E-state index in [1.807, 2.05) is 26.1 Å². The average molecular weight is 240 g/mol. The summed E-state index contributed by atoms with van der Waals surface area (Å²) in [5.74, 6) is 0.893. The Labute approximate surface area is 105 Å². The van der Waals surface area contributed by atoms with Crippen LogP contribution < -0.4 is 5.73 Å². The van der Waals surface area contributed by atoms with Crippen LogP contribution in [0.5, 0.6) is 0 Å². The zero-order valence-electron chi connectivity index (χ0n) is 10.6. The number of nitrogens with two attached hydrogens (primary N) is 1. The van der Waals surface area contributed by atoms with E-state index >= 15 is 0 Å². The Balaban J connectivity index is 2.25. The van der Waals surface area contributed by atoms with Gasteiger partial charge in [0.05, 0.1) is 5.69 Å². The highest BCUT2D eigenvalue weighted by molar-refractivity contribution is 5.94. The molecule has 0 spiro atoms. The third-order valence-electron chi connectivity index (χ3n) is 3.33. The summed E-state index contributed by atoms with van der Waals surface area (Å²) in [6, 6.07) is 8.32. The molecule has 2 aromatic heterocycles. The summed E-state index contributed by atoms with van der Waals surface area (Å²) < 4.78 is 2.12. The first-order valence-electron chi connectivity index (χ1n) is 6.00. The van der Waals surface area contributed by atoms with Crippen LogP contribution in [0.3, 0.4) is 0 Å². The topological polar surface area (TPSA) is 59.6 Å². The minimum absolute atomic E-state index is 0.465. The molecule has 0 saturated carbocycles.